The van der Waals surface area contributed by atoms with Crippen molar-refractivity contribution in [3.8, 4) is 0 Å². The summed E-state index contributed by atoms with van der Waals surface area (Å²) in [5.41, 5.74) is 0. The molecule has 0 rings (SSSR count). The number of alkyl halides is 1. The van der Waals surface area contributed by atoms with E-state index < -0.39 is 0 Å². The van der Waals surface area contributed by atoms with Crippen molar-refractivity contribution in [2.75, 3.05) is 19.1 Å². The van der Waals surface area contributed by atoms with Crippen LogP contribution in [0.2, 0.25) is 0 Å². The Morgan fingerprint density at radius 2 is 1.45 bits per heavy atom. The van der Waals surface area contributed by atoms with Crippen LogP contribution in [0.25, 0.3) is 0 Å². The summed E-state index contributed by atoms with van der Waals surface area (Å²) in [5.74, 6) is 0.455. The lowest BCUT2D eigenvalue weighted by Crippen LogP contribution is -2.14. The van der Waals surface area contributed by atoms with Crippen LogP contribution in [0.1, 0.15) is 71.6 Å². The number of esters is 2. The molecule has 0 aromatic carbocycles. The minimum Gasteiger partial charge on any atom is -0.466 e. The van der Waals surface area contributed by atoms with Gasteiger partial charge in [0.05, 0.1) is 26.1 Å². The predicted molar refractivity (Wildman–Crippen MR) is 89.0 cm³/mol. The highest BCUT2D eigenvalue weighted by Gasteiger charge is 2.10. The van der Waals surface area contributed by atoms with Gasteiger partial charge >= 0.3 is 11.9 Å². The Labute approximate surface area is 139 Å². The van der Waals surface area contributed by atoms with Crippen molar-refractivity contribution >= 4 is 23.5 Å². The van der Waals surface area contributed by atoms with Gasteiger partial charge in [0.15, 0.2) is 0 Å². The lowest BCUT2D eigenvalue weighted by molar-refractivity contribution is -0.151. The summed E-state index contributed by atoms with van der Waals surface area (Å²) in [7, 11) is 0. The molecule has 0 aliphatic rings. The minimum atomic E-state index is -0.323. The topological polar surface area (TPSA) is 52.6 Å². The molecule has 0 spiro atoms. The number of ether oxygens (including phenoxy) is 2. The second kappa shape index (κ2) is 15.1. The van der Waals surface area contributed by atoms with E-state index in [0.29, 0.717) is 19.1 Å². The van der Waals surface area contributed by atoms with Gasteiger partial charge in [0.25, 0.3) is 0 Å². The van der Waals surface area contributed by atoms with Crippen LogP contribution in [0.15, 0.2) is 0 Å². The number of rotatable bonds is 14. The fourth-order valence-electron chi connectivity index (χ4n) is 1.79. The molecule has 0 heterocycles. The number of carbonyl (C=O) groups excluding carboxylic acids is 2. The molecule has 0 N–H and O–H groups in total. The molecular formula is C17H31ClO4. The standard InChI is InChI=1S/C17H31ClO4/c1-3-15(2)14-22-17(20)11-10-16(19)21-13-9-7-5-4-6-8-12-18/h15H,3-14H2,1-2H3. The van der Waals surface area contributed by atoms with E-state index in [9.17, 15) is 9.59 Å². The third kappa shape index (κ3) is 14.2. The van der Waals surface area contributed by atoms with Crippen molar-refractivity contribution in [2.45, 2.75) is 71.6 Å². The third-order valence-corrected chi connectivity index (χ3v) is 3.82. The molecule has 0 aliphatic heterocycles. The molecule has 0 radical (unpaired) electrons. The molecule has 0 saturated heterocycles. The van der Waals surface area contributed by atoms with Crippen molar-refractivity contribution in [1.82, 2.24) is 0 Å². The van der Waals surface area contributed by atoms with E-state index in [1.807, 2.05) is 13.8 Å². The van der Waals surface area contributed by atoms with Crippen molar-refractivity contribution in [2.24, 2.45) is 5.92 Å². The van der Waals surface area contributed by atoms with Gasteiger partial charge in [-0.1, -0.05) is 46.0 Å². The Balaban J connectivity index is 3.40. The first kappa shape index (κ1) is 21.2. The van der Waals surface area contributed by atoms with Crippen LogP contribution in [0.4, 0.5) is 0 Å². The van der Waals surface area contributed by atoms with Crippen LogP contribution >= 0.6 is 11.6 Å². The first-order chi connectivity index (χ1) is 10.6. The monoisotopic (exact) mass is 334 g/mol. The van der Waals surface area contributed by atoms with Gasteiger partial charge in [0.1, 0.15) is 0 Å². The Morgan fingerprint density at radius 1 is 0.909 bits per heavy atom. The number of hydrogen-bond donors (Lipinski definition) is 0. The Bertz CT molecular complexity index is 294. The molecule has 0 aromatic rings. The molecule has 1 unspecified atom stereocenters. The van der Waals surface area contributed by atoms with Gasteiger partial charge in [-0.25, -0.2) is 0 Å². The largest absolute Gasteiger partial charge is 0.466 e. The normalized spacial score (nSPS) is 12.0. The molecule has 0 aliphatic carbocycles. The molecule has 5 heteroatoms. The van der Waals surface area contributed by atoms with Crippen LogP contribution in [0.3, 0.4) is 0 Å². The maximum Gasteiger partial charge on any atom is 0.306 e. The van der Waals surface area contributed by atoms with Gasteiger partial charge in [0.2, 0.25) is 0 Å². The van der Waals surface area contributed by atoms with E-state index >= 15 is 0 Å². The highest BCUT2D eigenvalue weighted by molar-refractivity contribution is 6.17. The fourth-order valence-corrected chi connectivity index (χ4v) is 1.98. The van der Waals surface area contributed by atoms with E-state index in [2.05, 4.69) is 0 Å². The lowest BCUT2D eigenvalue weighted by Gasteiger charge is -2.09. The quantitative estimate of drug-likeness (QED) is 0.267. The maximum absolute atomic E-state index is 11.5. The first-order valence-corrected chi connectivity index (χ1v) is 9.00. The molecule has 0 saturated carbocycles. The van der Waals surface area contributed by atoms with Crippen molar-refractivity contribution < 1.29 is 19.1 Å². The smallest absolute Gasteiger partial charge is 0.306 e. The zero-order valence-electron chi connectivity index (χ0n) is 14.1. The summed E-state index contributed by atoms with van der Waals surface area (Å²) in [6.45, 7) is 4.94. The molecule has 130 valence electrons. The summed E-state index contributed by atoms with van der Waals surface area (Å²) in [6.07, 6.45) is 7.70. The second-order valence-corrected chi connectivity index (χ2v) is 6.11. The Kier molecular flexibility index (Phi) is 14.6. The van der Waals surface area contributed by atoms with Gasteiger partial charge in [0, 0.05) is 5.88 Å². The Hall–Kier alpha value is -0.770. The van der Waals surface area contributed by atoms with Crippen LogP contribution < -0.4 is 0 Å². The SMILES string of the molecule is CCC(C)COC(=O)CCC(=O)OCCCCCCCCCl. The number of halogens is 1. The highest BCUT2D eigenvalue weighted by atomic mass is 35.5. The lowest BCUT2D eigenvalue weighted by atomic mass is 10.1. The zero-order chi connectivity index (χ0) is 16.6. The molecule has 22 heavy (non-hydrogen) atoms. The van der Waals surface area contributed by atoms with Crippen LogP contribution in [-0.2, 0) is 19.1 Å². The molecule has 1 atom stereocenters. The van der Waals surface area contributed by atoms with Crippen molar-refractivity contribution in [1.29, 1.82) is 0 Å². The minimum absolute atomic E-state index is 0.105. The van der Waals surface area contributed by atoms with Gasteiger partial charge in [-0.15, -0.1) is 11.6 Å². The van der Waals surface area contributed by atoms with Crippen LogP contribution in [-0.4, -0.2) is 31.0 Å². The molecular weight excluding hydrogens is 304 g/mol. The van der Waals surface area contributed by atoms with E-state index in [-0.39, 0.29) is 24.8 Å². The summed E-state index contributed by atoms with van der Waals surface area (Å²) >= 11 is 5.60. The fraction of sp³-hybridized carbons (Fsp3) is 0.882. The van der Waals surface area contributed by atoms with Gasteiger partial charge in [-0.05, 0) is 18.8 Å². The average Bonchev–Trinajstić information content (AvgIpc) is 2.53. The molecule has 0 aromatic heterocycles. The van der Waals surface area contributed by atoms with E-state index in [1.54, 1.807) is 0 Å². The van der Waals surface area contributed by atoms with E-state index in [1.165, 1.54) is 12.8 Å². The summed E-state index contributed by atoms with van der Waals surface area (Å²) < 4.78 is 10.2. The second-order valence-electron chi connectivity index (χ2n) is 5.73. The summed E-state index contributed by atoms with van der Waals surface area (Å²) in [5, 5.41) is 0. The number of unbranched alkanes of at least 4 members (excludes halogenated alkanes) is 5. The summed E-state index contributed by atoms with van der Waals surface area (Å²) in [4.78, 5) is 22.9. The van der Waals surface area contributed by atoms with Gasteiger partial charge in [-0.2, -0.15) is 0 Å². The zero-order valence-corrected chi connectivity index (χ0v) is 14.8. The first-order valence-electron chi connectivity index (χ1n) is 8.47. The van der Waals surface area contributed by atoms with Crippen LogP contribution in [0.5, 0.6) is 0 Å². The van der Waals surface area contributed by atoms with Crippen molar-refractivity contribution in [3.05, 3.63) is 0 Å². The molecule has 0 amide bonds. The summed E-state index contributed by atoms with van der Waals surface area (Å²) in [6, 6.07) is 0. The third-order valence-electron chi connectivity index (χ3n) is 3.55. The van der Waals surface area contributed by atoms with E-state index in [4.69, 9.17) is 21.1 Å². The number of hydrogen-bond acceptors (Lipinski definition) is 4. The van der Waals surface area contributed by atoms with Crippen LogP contribution in [0, 0.1) is 5.92 Å². The Morgan fingerprint density at radius 3 is 2.05 bits per heavy atom. The van der Waals surface area contributed by atoms with Gasteiger partial charge < -0.3 is 9.47 Å². The number of carbonyl (C=O) groups is 2. The molecule has 4 nitrogen and oxygen atoms in total. The van der Waals surface area contributed by atoms with Crippen molar-refractivity contribution in [3.63, 3.8) is 0 Å². The average molecular weight is 335 g/mol. The van der Waals surface area contributed by atoms with Gasteiger partial charge in [-0.3, -0.25) is 9.59 Å². The van der Waals surface area contributed by atoms with E-state index in [0.717, 1.165) is 38.0 Å². The predicted octanol–water partition coefficient (Wildman–Crippen LogP) is 4.48. The molecule has 0 bridgehead atoms. The molecule has 0 fully saturated rings. The maximum atomic E-state index is 11.5. The highest BCUT2D eigenvalue weighted by Crippen LogP contribution is 2.07.